The van der Waals surface area contributed by atoms with Gasteiger partial charge in [-0.2, -0.15) is 0 Å². The number of nitrogens with one attached hydrogen (secondary N) is 1. The highest BCUT2D eigenvalue weighted by molar-refractivity contribution is 6.32. The van der Waals surface area contributed by atoms with Crippen LogP contribution in [0.4, 0.5) is 5.69 Å². The second kappa shape index (κ2) is 11.4. The summed E-state index contributed by atoms with van der Waals surface area (Å²) >= 11 is 6.06. The number of hydrogen-bond donors (Lipinski definition) is 2. The van der Waals surface area contributed by atoms with Gasteiger partial charge in [-0.1, -0.05) is 24.4 Å². The molecule has 1 aromatic rings. The summed E-state index contributed by atoms with van der Waals surface area (Å²) < 4.78 is 10.3. The zero-order valence-corrected chi connectivity index (χ0v) is 14.6. The Morgan fingerprint density at radius 2 is 1.77 bits per heavy atom. The Morgan fingerprint density at radius 1 is 1.14 bits per heavy atom. The summed E-state index contributed by atoms with van der Waals surface area (Å²) in [6, 6.07) is 3.28. The lowest BCUT2D eigenvalue weighted by Crippen LogP contribution is -2.12. The van der Waals surface area contributed by atoms with Gasteiger partial charge < -0.3 is 20.5 Å². The van der Waals surface area contributed by atoms with Crippen molar-refractivity contribution in [3.63, 3.8) is 0 Å². The second-order valence-electron chi connectivity index (χ2n) is 4.69. The van der Waals surface area contributed by atoms with Gasteiger partial charge in [0.1, 0.15) is 11.5 Å². The summed E-state index contributed by atoms with van der Waals surface area (Å²) in [5, 5.41) is 3.24. The van der Waals surface area contributed by atoms with Gasteiger partial charge in [-0.25, -0.2) is 0 Å². The van der Waals surface area contributed by atoms with Crippen LogP contribution in [0.1, 0.15) is 32.1 Å². The molecule has 0 fully saturated rings. The van der Waals surface area contributed by atoms with E-state index >= 15 is 0 Å². The molecule has 0 atom stereocenters. The molecule has 0 saturated carbocycles. The third-order valence-corrected chi connectivity index (χ3v) is 3.40. The van der Waals surface area contributed by atoms with E-state index < -0.39 is 0 Å². The standard InChI is InChI=1S/C15H23ClN2O3.ClH/c1-20-13-10-14(21-2)12(9-11(13)16)18-15(19)7-5-3-4-6-8-17;/h9-10H,3-8,17H2,1-2H3,(H,18,19);1H. The minimum atomic E-state index is -0.0534. The van der Waals surface area contributed by atoms with Crippen LogP contribution in [0.25, 0.3) is 0 Å². The van der Waals surface area contributed by atoms with E-state index in [9.17, 15) is 4.79 Å². The molecule has 0 spiro atoms. The van der Waals surface area contributed by atoms with Crippen molar-refractivity contribution in [2.75, 3.05) is 26.1 Å². The maximum atomic E-state index is 11.9. The fraction of sp³-hybridized carbons (Fsp3) is 0.533. The van der Waals surface area contributed by atoms with E-state index in [1.54, 1.807) is 12.1 Å². The third kappa shape index (κ3) is 6.73. The third-order valence-electron chi connectivity index (χ3n) is 3.11. The number of ether oxygens (including phenoxy) is 2. The largest absolute Gasteiger partial charge is 0.495 e. The van der Waals surface area contributed by atoms with Crippen LogP contribution in [0.3, 0.4) is 0 Å². The van der Waals surface area contributed by atoms with Gasteiger partial charge in [-0.15, -0.1) is 12.4 Å². The normalized spacial score (nSPS) is 9.82. The second-order valence-corrected chi connectivity index (χ2v) is 5.10. The first-order chi connectivity index (χ1) is 10.1. The van der Waals surface area contributed by atoms with Crippen molar-refractivity contribution in [3.8, 4) is 11.5 Å². The first-order valence-electron chi connectivity index (χ1n) is 7.03. The van der Waals surface area contributed by atoms with Crippen molar-refractivity contribution in [3.05, 3.63) is 17.2 Å². The van der Waals surface area contributed by atoms with Crippen LogP contribution in [-0.2, 0) is 4.79 Å². The zero-order valence-electron chi connectivity index (χ0n) is 13.0. The van der Waals surface area contributed by atoms with Crippen LogP contribution in [0.5, 0.6) is 11.5 Å². The van der Waals surface area contributed by atoms with Crippen LogP contribution >= 0.6 is 24.0 Å². The van der Waals surface area contributed by atoms with E-state index in [-0.39, 0.29) is 18.3 Å². The van der Waals surface area contributed by atoms with Gasteiger partial charge in [0.25, 0.3) is 0 Å². The van der Waals surface area contributed by atoms with Gasteiger partial charge in [-0.05, 0) is 25.5 Å². The van der Waals surface area contributed by atoms with Crippen LogP contribution in [-0.4, -0.2) is 26.7 Å². The van der Waals surface area contributed by atoms with Crippen LogP contribution in [0, 0.1) is 0 Å². The molecule has 0 aliphatic heterocycles. The van der Waals surface area contributed by atoms with E-state index in [0.29, 0.717) is 35.2 Å². The van der Waals surface area contributed by atoms with E-state index in [4.69, 9.17) is 26.8 Å². The minimum absolute atomic E-state index is 0. The van der Waals surface area contributed by atoms with Crippen molar-refractivity contribution in [1.82, 2.24) is 0 Å². The molecule has 0 aliphatic carbocycles. The maximum Gasteiger partial charge on any atom is 0.224 e. The fourth-order valence-electron chi connectivity index (χ4n) is 1.95. The van der Waals surface area contributed by atoms with Gasteiger partial charge in [-0.3, -0.25) is 4.79 Å². The van der Waals surface area contributed by atoms with Gasteiger partial charge >= 0.3 is 0 Å². The number of benzene rings is 1. The Bertz CT molecular complexity index is 470. The molecular weight excluding hydrogens is 327 g/mol. The predicted molar refractivity (Wildman–Crippen MR) is 92.6 cm³/mol. The lowest BCUT2D eigenvalue weighted by Gasteiger charge is -2.13. The van der Waals surface area contributed by atoms with Crippen LogP contribution < -0.4 is 20.5 Å². The monoisotopic (exact) mass is 350 g/mol. The van der Waals surface area contributed by atoms with Crippen LogP contribution in [0.15, 0.2) is 12.1 Å². The van der Waals surface area contributed by atoms with E-state index in [2.05, 4.69) is 5.32 Å². The van der Waals surface area contributed by atoms with E-state index in [0.717, 1.165) is 25.7 Å². The SMILES string of the molecule is COc1cc(OC)c(NC(=O)CCCCCCN)cc1Cl.Cl. The molecule has 0 aromatic heterocycles. The number of amides is 1. The number of methoxy groups -OCH3 is 2. The average Bonchev–Trinajstić information content (AvgIpc) is 2.47. The minimum Gasteiger partial charge on any atom is -0.495 e. The molecule has 1 rings (SSSR count). The first-order valence-corrected chi connectivity index (χ1v) is 7.41. The van der Waals surface area contributed by atoms with Gasteiger partial charge in [0.15, 0.2) is 0 Å². The first kappa shape index (κ1) is 20.8. The fourth-order valence-corrected chi connectivity index (χ4v) is 2.19. The highest BCUT2D eigenvalue weighted by Crippen LogP contribution is 2.35. The number of carbonyl (C=O) groups is 1. The summed E-state index contributed by atoms with van der Waals surface area (Å²) in [4.78, 5) is 11.9. The number of carbonyl (C=O) groups excluding carboxylic acids is 1. The molecule has 126 valence electrons. The highest BCUT2D eigenvalue weighted by atomic mass is 35.5. The molecule has 0 unspecified atom stereocenters. The number of rotatable bonds is 9. The lowest BCUT2D eigenvalue weighted by atomic mass is 10.1. The quantitative estimate of drug-likeness (QED) is 0.667. The highest BCUT2D eigenvalue weighted by Gasteiger charge is 2.12. The molecule has 22 heavy (non-hydrogen) atoms. The maximum absolute atomic E-state index is 11.9. The number of nitrogens with two attached hydrogens (primary N) is 1. The Morgan fingerprint density at radius 3 is 2.36 bits per heavy atom. The molecule has 0 radical (unpaired) electrons. The summed E-state index contributed by atoms with van der Waals surface area (Å²) in [7, 11) is 3.06. The number of anilines is 1. The summed E-state index contributed by atoms with van der Waals surface area (Å²) in [6.45, 7) is 0.702. The zero-order chi connectivity index (χ0) is 15.7. The van der Waals surface area contributed by atoms with Crippen molar-refractivity contribution in [2.24, 2.45) is 5.73 Å². The molecule has 7 heteroatoms. The summed E-state index contributed by atoms with van der Waals surface area (Å²) in [6.07, 6.45) is 4.38. The smallest absolute Gasteiger partial charge is 0.224 e. The predicted octanol–water partition coefficient (Wildman–Crippen LogP) is 3.63. The Hall–Kier alpha value is -1.17. The van der Waals surface area contributed by atoms with Gasteiger partial charge in [0.2, 0.25) is 5.91 Å². The van der Waals surface area contributed by atoms with Crippen LogP contribution in [0.2, 0.25) is 5.02 Å². The van der Waals surface area contributed by atoms with Crippen molar-refractivity contribution < 1.29 is 14.3 Å². The van der Waals surface area contributed by atoms with Crippen molar-refractivity contribution in [2.45, 2.75) is 32.1 Å². The molecule has 0 aliphatic rings. The molecule has 3 N–H and O–H groups in total. The number of hydrogen-bond acceptors (Lipinski definition) is 4. The molecule has 1 aromatic carbocycles. The van der Waals surface area contributed by atoms with E-state index in [1.165, 1.54) is 14.2 Å². The average molecular weight is 351 g/mol. The molecule has 1 amide bonds. The molecule has 5 nitrogen and oxygen atoms in total. The number of unbranched alkanes of at least 4 members (excludes halogenated alkanes) is 3. The number of halogens is 2. The molecular formula is C15H24Cl2N2O3. The summed E-state index contributed by atoms with van der Waals surface area (Å²) in [5.74, 6) is 0.975. The molecule has 0 saturated heterocycles. The van der Waals surface area contributed by atoms with Gasteiger partial charge in [0.05, 0.1) is 24.9 Å². The van der Waals surface area contributed by atoms with Crippen molar-refractivity contribution in [1.29, 1.82) is 0 Å². The van der Waals surface area contributed by atoms with Crippen molar-refractivity contribution >= 4 is 35.6 Å². The van der Waals surface area contributed by atoms with Gasteiger partial charge in [0, 0.05) is 12.5 Å². The summed E-state index contributed by atoms with van der Waals surface area (Å²) in [5.41, 5.74) is 5.98. The topological polar surface area (TPSA) is 73.6 Å². The Balaban J connectivity index is 0.00000441. The Labute approximate surface area is 142 Å². The van der Waals surface area contributed by atoms with E-state index in [1.807, 2.05) is 0 Å². The molecule has 0 bridgehead atoms. The molecule has 0 heterocycles. The lowest BCUT2D eigenvalue weighted by molar-refractivity contribution is -0.116. The Kier molecular flexibility index (Phi) is 10.8.